The topological polar surface area (TPSA) is 62.7 Å². The number of H-pyrrole nitrogens is 1. The maximum Gasteiger partial charge on any atom is 0.230 e. The maximum absolute atomic E-state index is 14.1. The molecule has 2 N–H and O–H groups in total. The number of aromatic amines is 1. The minimum Gasteiger partial charge on any atom is -0.361 e. The van der Waals surface area contributed by atoms with Gasteiger partial charge in [-0.25, -0.2) is 9.07 Å². The molecular formula is C20H17FN4O. The van der Waals surface area contributed by atoms with E-state index in [1.54, 1.807) is 31.2 Å². The molecule has 0 atom stereocenters. The van der Waals surface area contributed by atoms with Crippen LogP contribution < -0.4 is 5.32 Å². The average Bonchev–Trinajstić information content (AvgIpc) is 3.19. The summed E-state index contributed by atoms with van der Waals surface area (Å²) in [6, 6.07) is 15.9. The highest BCUT2D eigenvalue weighted by Crippen LogP contribution is 2.21. The van der Waals surface area contributed by atoms with Gasteiger partial charge in [0.25, 0.3) is 0 Å². The van der Waals surface area contributed by atoms with Gasteiger partial charge >= 0.3 is 0 Å². The van der Waals surface area contributed by atoms with Crippen molar-refractivity contribution in [3.05, 3.63) is 77.9 Å². The van der Waals surface area contributed by atoms with Gasteiger partial charge in [0.2, 0.25) is 5.91 Å². The van der Waals surface area contributed by atoms with Crippen molar-refractivity contribution in [3.63, 3.8) is 0 Å². The molecule has 0 saturated carbocycles. The Labute approximate surface area is 149 Å². The lowest BCUT2D eigenvalue weighted by atomic mass is 10.1. The summed E-state index contributed by atoms with van der Waals surface area (Å²) in [7, 11) is 0. The summed E-state index contributed by atoms with van der Waals surface area (Å²) in [5.41, 5.74) is 2.88. The number of nitrogens with one attached hydrogen (secondary N) is 2. The first-order valence-electron chi connectivity index (χ1n) is 8.28. The predicted octanol–water partition coefficient (Wildman–Crippen LogP) is 3.98. The molecule has 4 rings (SSSR count). The maximum atomic E-state index is 14.1. The molecule has 5 nitrogen and oxygen atoms in total. The van der Waals surface area contributed by atoms with E-state index in [0.29, 0.717) is 17.2 Å². The van der Waals surface area contributed by atoms with Crippen molar-refractivity contribution in [2.75, 3.05) is 5.32 Å². The van der Waals surface area contributed by atoms with Crippen LogP contribution in [-0.4, -0.2) is 20.7 Å². The molecule has 0 bridgehead atoms. The minimum atomic E-state index is -0.400. The van der Waals surface area contributed by atoms with Crippen molar-refractivity contribution in [2.24, 2.45) is 0 Å². The van der Waals surface area contributed by atoms with E-state index in [2.05, 4.69) is 15.4 Å². The number of benzene rings is 2. The van der Waals surface area contributed by atoms with Crippen LogP contribution in [-0.2, 0) is 11.2 Å². The molecule has 1 amide bonds. The van der Waals surface area contributed by atoms with Gasteiger partial charge in [-0.15, -0.1) is 0 Å². The zero-order valence-corrected chi connectivity index (χ0v) is 14.2. The Morgan fingerprint density at radius 3 is 2.81 bits per heavy atom. The van der Waals surface area contributed by atoms with Gasteiger partial charge in [-0.1, -0.05) is 30.3 Å². The standard InChI is InChI=1S/C20H17FN4O/c1-13-10-19(25(24-13)18-9-5-3-7-16(18)21)23-20(26)11-14-12-22-17-8-4-2-6-15(14)17/h2-10,12,22H,11H2,1H3,(H,23,26). The van der Waals surface area contributed by atoms with Crippen LogP contribution in [0, 0.1) is 12.7 Å². The molecule has 0 radical (unpaired) electrons. The van der Waals surface area contributed by atoms with Crippen molar-refractivity contribution in [1.82, 2.24) is 14.8 Å². The van der Waals surface area contributed by atoms with Gasteiger partial charge in [-0.05, 0) is 30.7 Å². The normalized spacial score (nSPS) is 11.0. The second kappa shape index (κ2) is 6.48. The van der Waals surface area contributed by atoms with Crippen LogP contribution >= 0.6 is 0 Å². The highest BCUT2D eigenvalue weighted by Gasteiger charge is 2.15. The predicted molar refractivity (Wildman–Crippen MR) is 98.9 cm³/mol. The lowest BCUT2D eigenvalue weighted by Crippen LogP contribution is -2.17. The third-order valence-corrected chi connectivity index (χ3v) is 4.21. The van der Waals surface area contributed by atoms with E-state index in [1.165, 1.54) is 10.7 Å². The van der Waals surface area contributed by atoms with Crippen LogP contribution in [0.25, 0.3) is 16.6 Å². The van der Waals surface area contributed by atoms with Gasteiger partial charge < -0.3 is 10.3 Å². The number of halogens is 1. The first kappa shape index (κ1) is 16.1. The number of fused-ring (bicyclic) bond motifs is 1. The number of carbonyl (C=O) groups excluding carboxylic acids is 1. The Morgan fingerprint density at radius 2 is 1.96 bits per heavy atom. The van der Waals surface area contributed by atoms with Crippen molar-refractivity contribution in [2.45, 2.75) is 13.3 Å². The number of nitrogens with zero attached hydrogens (tertiary/aromatic N) is 2. The van der Waals surface area contributed by atoms with Crippen LogP contribution in [0.2, 0.25) is 0 Å². The number of hydrogen-bond donors (Lipinski definition) is 2. The Morgan fingerprint density at radius 1 is 1.19 bits per heavy atom. The van der Waals surface area contributed by atoms with E-state index in [9.17, 15) is 9.18 Å². The SMILES string of the molecule is Cc1cc(NC(=O)Cc2c[nH]c3ccccc23)n(-c2ccccc2F)n1. The highest BCUT2D eigenvalue weighted by atomic mass is 19.1. The van der Waals surface area contributed by atoms with E-state index < -0.39 is 5.82 Å². The second-order valence-electron chi connectivity index (χ2n) is 6.12. The Bertz CT molecular complexity index is 1100. The van der Waals surface area contributed by atoms with Crippen molar-refractivity contribution in [3.8, 4) is 5.69 Å². The number of rotatable bonds is 4. The summed E-state index contributed by atoms with van der Waals surface area (Å²) in [5, 5.41) is 8.15. The van der Waals surface area contributed by atoms with Gasteiger partial charge in [0.1, 0.15) is 17.3 Å². The number of hydrogen-bond acceptors (Lipinski definition) is 2. The van der Waals surface area contributed by atoms with Gasteiger partial charge in [-0.3, -0.25) is 4.79 Å². The van der Waals surface area contributed by atoms with E-state index in [-0.39, 0.29) is 12.3 Å². The fraction of sp³-hybridized carbons (Fsp3) is 0.100. The summed E-state index contributed by atoms with van der Waals surface area (Å²) >= 11 is 0. The minimum absolute atomic E-state index is 0.188. The molecule has 130 valence electrons. The summed E-state index contributed by atoms with van der Waals surface area (Å²) in [6.07, 6.45) is 2.05. The Kier molecular flexibility index (Phi) is 4.01. The molecule has 0 spiro atoms. The van der Waals surface area contributed by atoms with Crippen LogP contribution in [0.3, 0.4) is 0 Å². The molecule has 0 fully saturated rings. The molecule has 0 aliphatic rings. The highest BCUT2D eigenvalue weighted by molar-refractivity contribution is 5.95. The summed E-state index contributed by atoms with van der Waals surface area (Å²) in [6.45, 7) is 1.80. The largest absolute Gasteiger partial charge is 0.361 e. The fourth-order valence-corrected chi connectivity index (χ4v) is 3.03. The smallest absolute Gasteiger partial charge is 0.230 e. The van der Waals surface area contributed by atoms with Crippen molar-refractivity contribution >= 4 is 22.6 Å². The van der Waals surface area contributed by atoms with E-state index >= 15 is 0 Å². The lowest BCUT2D eigenvalue weighted by molar-refractivity contribution is -0.115. The van der Waals surface area contributed by atoms with Gasteiger partial charge in [0.05, 0.1) is 12.1 Å². The molecule has 0 saturated heterocycles. The Hall–Kier alpha value is -3.41. The molecule has 0 aliphatic heterocycles. The first-order valence-corrected chi connectivity index (χ1v) is 8.28. The van der Waals surface area contributed by atoms with Crippen molar-refractivity contribution in [1.29, 1.82) is 0 Å². The number of amides is 1. The zero-order valence-electron chi connectivity index (χ0n) is 14.2. The number of carbonyl (C=O) groups is 1. The van der Waals surface area contributed by atoms with Crippen molar-refractivity contribution < 1.29 is 9.18 Å². The molecule has 4 aromatic rings. The molecule has 2 aromatic heterocycles. The van der Waals surface area contributed by atoms with E-state index in [0.717, 1.165) is 16.5 Å². The number of aryl methyl sites for hydroxylation is 1. The molecule has 2 aromatic carbocycles. The molecule has 6 heteroatoms. The summed E-state index contributed by atoms with van der Waals surface area (Å²) in [5.74, 6) is -0.146. The molecule has 0 unspecified atom stereocenters. The summed E-state index contributed by atoms with van der Waals surface area (Å²) in [4.78, 5) is 15.7. The van der Waals surface area contributed by atoms with Gasteiger partial charge in [-0.2, -0.15) is 5.10 Å². The molecular weight excluding hydrogens is 331 g/mol. The van der Waals surface area contributed by atoms with Crippen LogP contribution in [0.5, 0.6) is 0 Å². The number of para-hydroxylation sites is 2. The third kappa shape index (κ3) is 2.97. The van der Waals surface area contributed by atoms with E-state index in [4.69, 9.17) is 0 Å². The second-order valence-corrected chi connectivity index (χ2v) is 6.12. The quantitative estimate of drug-likeness (QED) is 0.586. The molecule has 0 aliphatic carbocycles. The van der Waals surface area contributed by atoms with Crippen LogP contribution in [0.15, 0.2) is 60.8 Å². The lowest BCUT2D eigenvalue weighted by Gasteiger charge is -2.09. The Balaban J connectivity index is 1.60. The van der Waals surface area contributed by atoms with Crippen LogP contribution in [0.1, 0.15) is 11.3 Å². The van der Waals surface area contributed by atoms with Gasteiger partial charge in [0.15, 0.2) is 0 Å². The average molecular weight is 348 g/mol. The number of anilines is 1. The zero-order chi connectivity index (χ0) is 18.1. The number of aromatic nitrogens is 3. The monoisotopic (exact) mass is 348 g/mol. The first-order chi connectivity index (χ1) is 12.6. The fourth-order valence-electron chi connectivity index (χ4n) is 3.03. The third-order valence-electron chi connectivity index (χ3n) is 4.21. The van der Waals surface area contributed by atoms with Gasteiger partial charge in [0, 0.05) is 23.2 Å². The molecule has 26 heavy (non-hydrogen) atoms. The summed E-state index contributed by atoms with van der Waals surface area (Å²) < 4.78 is 15.5. The van der Waals surface area contributed by atoms with Crippen LogP contribution in [0.4, 0.5) is 10.2 Å². The van der Waals surface area contributed by atoms with E-state index in [1.807, 2.05) is 30.5 Å². The molecule has 2 heterocycles.